The number of aryl methyl sites for hydroxylation is 1. The van der Waals surface area contributed by atoms with E-state index in [1.54, 1.807) is 6.07 Å². The maximum absolute atomic E-state index is 11.1. The van der Waals surface area contributed by atoms with E-state index in [1.807, 2.05) is 12.1 Å². The number of hydrogen-bond acceptors (Lipinski definition) is 3. The van der Waals surface area contributed by atoms with Gasteiger partial charge in [0, 0.05) is 19.2 Å². The second-order valence-corrected chi connectivity index (χ2v) is 4.88. The van der Waals surface area contributed by atoms with Gasteiger partial charge in [-0.05, 0) is 37.3 Å². The highest BCUT2D eigenvalue weighted by Gasteiger charge is 2.22. The summed E-state index contributed by atoms with van der Waals surface area (Å²) in [5.74, 6) is 0. The molecule has 98 valence electrons. The van der Waals surface area contributed by atoms with Crippen LogP contribution in [0.1, 0.15) is 38.2 Å². The lowest BCUT2D eigenvalue weighted by molar-refractivity contribution is -0.384. The Morgan fingerprint density at radius 1 is 1.33 bits per heavy atom. The first-order valence-electron chi connectivity index (χ1n) is 6.74. The molecule has 0 N–H and O–H groups in total. The molecular formula is C14H20N2O2. The van der Waals surface area contributed by atoms with Gasteiger partial charge in [0.1, 0.15) is 5.69 Å². The van der Waals surface area contributed by atoms with Crippen molar-refractivity contribution in [1.29, 1.82) is 0 Å². The smallest absolute Gasteiger partial charge is 0.292 e. The minimum Gasteiger partial charge on any atom is -0.366 e. The topological polar surface area (TPSA) is 46.4 Å². The molecule has 1 heterocycles. The summed E-state index contributed by atoms with van der Waals surface area (Å²) in [6.07, 6.45) is 5.56. The fourth-order valence-corrected chi connectivity index (χ4v) is 2.47. The zero-order chi connectivity index (χ0) is 13.0. The summed E-state index contributed by atoms with van der Waals surface area (Å²) < 4.78 is 0. The second-order valence-electron chi connectivity index (χ2n) is 4.88. The van der Waals surface area contributed by atoms with Crippen molar-refractivity contribution >= 4 is 11.4 Å². The molecule has 2 rings (SSSR count). The Morgan fingerprint density at radius 3 is 2.67 bits per heavy atom. The van der Waals surface area contributed by atoms with Crippen LogP contribution in [-0.2, 0) is 6.42 Å². The zero-order valence-corrected chi connectivity index (χ0v) is 10.9. The van der Waals surface area contributed by atoms with E-state index in [0.717, 1.165) is 50.9 Å². The highest BCUT2D eigenvalue weighted by atomic mass is 16.6. The first kappa shape index (κ1) is 12.9. The van der Waals surface area contributed by atoms with Gasteiger partial charge >= 0.3 is 0 Å². The molecule has 1 saturated heterocycles. The SMILES string of the molecule is CCCCc1ccc([N+](=O)[O-])c(N2CCCC2)c1. The molecule has 1 aliphatic heterocycles. The minimum atomic E-state index is -0.267. The zero-order valence-electron chi connectivity index (χ0n) is 10.9. The summed E-state index contributed by atoms with van der Waals surface area (Å²) in [6, 6.07) is 5.57. The molecule has 1 aromatic rings. The first-order chi connectivity index (χ1) is 8.72. The fraction of sp³-hybridized carbons (Fsp3) is 0.571. The lowest BCUT2D eigenvalue weighted by Gasteiger charge is -2.18. The Labute approximate surface area is 108 Å². The number of rotatable bonds is 5. The molecule has 0 bridgehead atoms. The Kier molecular flexibility index (Phi) is 4.18. The molecule has 1 aromatic carbocycles. The average molecular weight is 248 g/mol. The van der Waals surface area contributed by atoms with E-state index >= 15 is 0 Å². The van der Waals surface area contributed by atoms with Crippen LogP contribution in [0.5, 0.6) is 0 Å². The predicted molar refractivity (Wildman–Crippen MR) is 73.2 cm³/mol. The summed E-state index contributed by atoms with van der Waals surface area (Å²) in [5, 5.41) is 11.1. The van der Waals surface area contributed by atoms with E-state index in [4.69, 9.17) is 0 Å². The van der Waals surface area contributed by atoms with Gasteiger partial charge in [0.25, 0.3) is 5.69 Å². The van der Waals surface area contributed by atoms with Crippen molar-refractivity contribution in [3.05, 3.63) is 33.9 Å². The molecule has 4 heteroatoms. The van der Waals surface area contributed by atoms with E-state index in [9.17, 15) is 10.1 Å². The van der Waals surface area contributed by atoms with Gasteiger partial charge in [-0.15, -0.1) is 0 Å². The van der Waals surface area contributed by atoms with Gasteiger partial charge in [-0.1, -0.05) is 19.4 Å². The van der Waals surface area contributed by atoms with Crippen molar-refractivity contribution in [2.45, 2.75) is 39.0 Å². The summed E-state index contributed by atoms with van der Waals surface area (Å²) in [4.78, 5) is 13.0. The van der Waals surface area contributed by atoms with E-state index < -0.39 is 0 Å². The van der Waals surface area contributed by atoms with Crippen molar-refractivity contribution in [2.24, 2.45) is 0 Å². The lowest BCUT2D eigenvalue weighted by Crippen LogP contribution is -2.19. The van der Waals surface area contributed by atoms with Crippen molar-refractivity contribution < 1.29 is 4.92 Å². The molecule has 0 spiro atoms. The van der Waals surface area contributed by atoms with Crippen LogP contribution in [0.3, 0.4) is 0 Å². The molecule has 18 heavy (non-hydrogen) atoms. The molecular weight excluding hydrogens is 228 g/mol. The number of nitro benzene ring substituents is 1. The fourth-order valence-electron chi connectivity index (χ4n) is 2.47. The Bertz CT molecular complexity index is 426. The molecule has 1 aliphatic rings. The van der Waals surface area contributed by atoms with Crippen LogP contribution in [-0.4, -0.2) is 18.0 Å². The molecule has 0 atom stereocenters. The summed E-state index contributed by atoms with van der Waals surface area (Å²) >= 11 is 0. The lowest BCUT2D eigenvalue weighted by atomic mass is 10.1. The Morgan fingerprint density at radius 2 is 2.06 bits per heavy atom. The molecule has 0 aliphatic carbocycles. The third-order valence-corrected chi connectivity index (χ3v) is 3.50. The maximum atomic E-state index is 11.1. The van der Waals surface area contributed by atoms with Crippen molar-refractivity contribution in [1.82, 2.24) is 0 Å². The average Bonchev–Trinajstić information content (AvgIpc) is 2.89. The molecule has 0 amide bonds. The van der Waals surface area contributed by atoms with Crippen LogP contribution in [0.25, 0.3) is 0 Å². The highest BCUT2D eigenvalue weighted by molar-refractivity contribution is 5.65. The monoisotopic (exact) mass is 248 g/mol. The number of hydrogen-bond donors (Lipinski definition) is 0. The maximum Gasteiger partial charge on any atom is 0.292 e. The van der Waals surface area contributed by atoms with Crippen LogP contribution in [0, 0.1) is 10.1 Å². The predicted octanol–water partition coefficient (Wildman–Crippen LogP) is 3.54. The minimum absolute atomic E-state index is 0.247. The van der Waals surface area contributed by atoms with Crippen LogP contribution in [0.2, 0.25) is 0 Å². The van der Waals surface area contributed by atoms with E-state index in [1.165, 1.54) is 5.56 Å². The van der Waals surface area contributed by atoms with E-state index in [2.05, 4.69) is 11.8 Å². The Balaban J connectivity index is 2.28. The summed E-state index contributed by atoms with van der Waals surface area (Å²) in [7, 11) is 0. The van der Waals surface area contributed by atoms with E-state index in [0.29, 0.717) is 0 Å². The van der Waals surface area contributed by atoms with Gasteiger partial charge in [0.2, 0.25) is 0 Å². The molecule has 0 radical (unpaired) electrons. The normalized spacial score (nSPS) is 15.1. The van der Waals surface area contributed by atoms with Crippen LogP contribution < -0.4 is 4.90 Å². The van der Waals surface area contributed by atoms with Gasteiger partial charge in [0.15, 0.2) is 0 Å². The van der Waals surface area contributed by atoms with Gasteiger partial charge in [-0.3, -0.25) is 10.1 Å². The summed E-state index contributed by atoms with van der Waals surface area (Å²) in [5.41, 5.74) is 2.27. The van der Waals surface area contributed by atoms with Crippen LogP contribution in [0.4, 0.5) is 11.4 Å². The first-order valence-corrected chi connectivity index (χ1v) is 6.74. The Hall–Kier alpha value is -1.58. The number of unbranched alkanes of at least 4 members (excludes halogenated alkanes) is 1. The van der Waals surface area contributed by atoms with Crippen LogP contribution in [0.15, 0.2) is 18.2 Å². The standard InChI is InChI=1S/C14H20N2O2/c1-2-3-6-12-7-8-13(16(17)18)14(11-12)15-9-4-5-10-15/h7-8,11H,2-6,9-10H2,1H3. The van der Waals surface area contributed by atoms with E-state index in [-0.39, 0.29) is 10.6 Å². The van der Waals surface area contributed by atoms with Crippen molar-refractivity contribution in [3.63, 3.8) is 0 Å². The molecule has 1 fully saturated rings. The van der Waals surface area contributed by atoms with Crippen molar-refractivity contribution in [3.8, 4) is 0 Å². The quantitative estimate of drug-likeness (QED) is 0.591. The molecule has 0 aromatic heterocycles. The molecule has 4 nitrogen and oxygen atoms in total. The highest BCUT2D eigenvalue weighted by Crippen LogP contribution is 2.32. The van der Waals surface area contributed by atoms with Gasteiger partial charge in [-0.2, -0.15) is 0 Å². The van der Waals surface area contributed by atoms with Gasteiger partial charge in [0.05, 0.1) is 4.92 Å². The third-order valence-electron chi connectivity index (χ3n) is 3.50. The number of anilines is 1. The largest absolute Gasteiger partial charge is 0.366 e. The van der Waals surface area contributed by atoms with Crippen LogP contribution >= 0.6 is 0 Å². The number of benzene rings is 1. The number of nitro groups is 1. The van der Waals surface area contributed by atoms with Crippen molar-refractivity contribution in [2.75, 3.05) is 18.0 Å². The number of nitrogens with zero attached hydrogens (tertiary/aromatic N) is 2. The molecule has 0 unspecified atom stereocenters. The third kappa shape index (κ3) is 2.81. The van der Waals surface area contributed by atoms with Gasteiger partial charge < -0.3 is 4.90 Å². The molecule has 0 saturated carbocycles. The summed E-state index contributed by atoms with van der Waals surface area (Å²) in [6.45, 7) is 4.04. The van der Waals surface area contributed by atoms with Gasteiger partial charge in [-0.25, -0.2) is 0 Å². The second kappa shape index (κ2) is 5.85.